The molecule has 4 heterocycles. The van der Waals surface area contributed by atoms with Crippen LogP contribution in [0.4, 0.5) is 17.6 Å². The van der Waals surface area contributed by atoms with Crippen molar-refractivity contribution >= 4 is 40.0 Å². The summed E-state index contributed by atoms with van der Waals surface area (Å²) < 4.78 is 1.81. The van der Waals surface area contributed by atoms with Gasteiger partial charge in [0.15, 0.2) is 5.65 Å². The first-order valence-electron chi connectivity index (χ1n) is 16.5. The molecule has 0 bridgehead atoms. The van der Waals surface area contributed by atoms with Crippen LogP contribution in [0.5, 0.6) is 0 Å². The Morgan fingerprint density at radius 3 is 2.70 bits per heavy atom. The normalized spacial score (nSPS) is 14.2. The molecule has 47 heavy (non-hydrogen) atoms. The Kier molecular flexibility index (Phi) is 9.84. The highest BCUT2D eigenvalue weighted by Gasteiger charge is 2.19. The maximum Gasteiger partial charge on any atom is 0.248 e. The maximum absolute atomic E-state index is 12.6. The number of anilines is 3. The summed E-state index contributed by atoms with van der Waals surface area (Å²) in [5.74, 6) is 1.99. The molecule has 6 rings (SSSR count). The summed E-state index contributed by atoms with van der Waals surface area (Å²) in [6, 6.07) is 14.4. The average molecular weight is 635 g/mol. The van der Waals surface area contributed by atoms with E-state index < -0.39 is 0 Å². The van der Waals surface area contributed by atoms with Crippen LogP contribution < -0.4 is 21.3 Å². The zero-order valence-electron chi connectivity index (χ0n) is 28.0. The molecule has 5 aromatic rings. The van der Waals surface area contributed by atoms with E-state index in [-0.39, 0.29) is 11.8 Å². The van der Waals surface area contributed by atoms with Gasteiger partial charge in [0.2, 0.25) is 17.8 Å². The van der Waals surface area contributed by atoms with Gasteiger partial charge < -0.3 is 31.2 Å². The number of benzene rings is 2. The predicted octanol–water partition coefficient (Wildman–Crippen LogP) is 5.78. The zero-order valence-corrected chi connectivity index (χ0v) is 28.0. The summed E-state index contributed by atoms with van der Waals surface area (Å²) in [5, 5.41) is 19.3. The van der Waals surface area contributed by atoms with Crippen molar-refractivity contribution in [3.8, 4) is 11.3 Å². The van der Waals surface area contributed by atoms with Crippen molar-refractivity contribution in [2.24, 2.45) is 5.92 Å². The molecule has 1 aliphatic heterocycles. The van der Waals surface area contributed by atoms with Gasteiger partial charge in [-0.1, -0.05) is 50.3 Å². The molecule has 0 saturated carbocycles. The molecule has 5 N–H and O–H groups in total. The van der Waals surface area contributed by atoms with E-state index in [9.17, 15) is 4.79 Å². The fourth-order valence-corrected chi connectivity index (χ4v) is 6.12. The van der Waals surface area contributed by atoms with Gasteiger partial charge in [0.05, 0.1) is 17.4 Å². The number of aromatic amines is 1. The molecule has 1 aliphatic rings. The van der Waals surface area contributed by atoms with Gasteiger partial charge >= 0.3 is 0 Å². The van der Waals surface area contributed by atoms with Crippen LogP contribution in [0.25, 0.3) is 27.8 Å². The van der Waals surface area contributed by atoms with Crippen LogP contribution in [0, 0.1) is 12.8 Å². The van der Waals surface area contributed by atoms with Crippen molar-refractivity contribution in [2.75, 3.05) is 56.2 Å². The second kappa shape index (κ2) is 14.4. The molecule has 0 aliphatic carbocycles. The second-order valence-electron chi connectivity index (χ2n) is 13.0. The summed E-state index contributed by atoms with van der Waals surface area (Å²) in [5.41, 5.74) is 7.89. The molecule has 11 nitrogen and oxygen atoms in total. The number of piperidine rings is 1. The number of carbonyl (C=O) groups is 1. The van der Waals surface area contributed by atoms with E-state index in [4.69, 9.17) is 9.97 Å². The number of rotatable bonds is 12. The summed E-state index contributed by atoms with van der Waals surface area (Å²) >= 11 is 0. The number of nitrogens with one attached hydrogen (secondary N) is 5. The minimum Gasteiger partial charge on any atom is -0.354 e. The van der Waals surface area contributed by atoms with Crippen molar-refractivity contribution in [1.82, 2.24) is 34.8 Å². The van der Waals surface area contributed by atoms with Crippen molar-refractivity contribution in [2.45, 2.75) is 46.1 Å². The lowest BCUT2D eigenvalue weighted by Crippen LogP contribution is -2.31. The summed E-state index contributed by atoms with van der Waals surface area (Å²) in [6.45, 7) is 10.6. The lowest BCUT2D eigenvalue weighted by Gasteiger charge is -2.23. The van der Waals surface area contributed by atoms with Crippen molar-refractivity contribution in [1.29, 1.82) is 0 Å². The van der Waals surface area contributed by atoms with E-state index >= 15 is 0 Å². The molecule has 0 spiro atoms. The number of H-pyrrole nitrogens is 1. The Hall–Kier alpha value is -4.74. The first kappa shape index (κ1) is 32.2. The molecule has 1 saturated heterocycles. The molecule has 246 valence electrons. The number of likely N-dealkylation sites (N-methyl/N-ethyl adjacent to an activating group) is 1. The highest BCUT2D eigenvalue weighted by molar-refractivity contribution is 6.06. The quantitative estimate of drug-likeness (QED) is 0.109. The van der Waals surface area contributed by atoms with Crippen LogP contribution in [0.1, 0.15) is 49.3 Å². The van der Waals surface area contributed by atoms with Crippen LogP contribution in [0.3, 0.4) is 0 Å². The van der Waals surface area contributed by atoms with Gasteiger partial charge in [0.25, 0.3) is 0 Å². The Morgan fingerprint density at radius 1 is 1.11 bits per heavy atom. The van der Waals surface area contributed by atoms with Crippen molar-refractivity contribution in [3.05, 3.63) is 77.5 Å². The lowest BCUT2D eigenvalue weighted by molar-refractivity contribution is -0.111. The number of nitrogens with zero attached hydrogens (tertiary/aromatic N) is 5. The summed E-state index contributed by atoms with van der Waals surface area (Å²) in [4.78, 5) is 28.1. The minimum atomic E-state index is -0.157. The van der Waals surface area contributed by atoms with Crippen molar-refractivity contribution < 1.29 is 4.79 Å². The van der Waals surface area contributed by atoms with E-state index in [1.165, 1.54) is 0 Å². The Balaban J connectivity index is 1.27. The second-order valence-corrected chi connectivity index (χ2v) is 13.0. The largest absolute Gasteiger partial charge is 0.354 e. The van der Waals surface area contributed by atoms with Crippen molar-refractivity contribution in [3.63, 3.8) is 0 Å². The number of para-hydroxylation sites is 1. The number of hydrogen-bond donors (Lipinski definition) is 5. The number of amides is 1. The number of hydrogen-bond acceptors (Lipinski definition) is 8. The van der Waals surface area contributed by atoms with E-state index in [2.05, 4.69) is 82.5 Å². The first-order chi connectivity index (χ1) is 22.8. The average Bonchev–Trinajstić information content (AvgIpc) is 3.69. The maximum atomic E-state index is 12.6. The molecule has 11 heteroatoms. The van der Waals surface area contributed by atoms with Gasteiger partial charge in [0, 0.05) is 47.9 Å². The number of fused-ring (bicyclic) bond motifs is 2. The monoisotopic (exact) mass is 634 g/mol. The third-order valence-corrected chi connectivity index (χ3v) is 8.80. The third-order valence-electron chi connectivity index (χ3n) is 8.80. The molecule has 1 fully saturated rings. The van der Waals surface area contributed by atoms with Crippen LogP contribution in [-0.2, 0) is 11.3 Å². The van der Waals surface area contributed by atoms with E-state index in [0.29, 0.717) is 30.9 Å². The molecule has 0 unspecified atom stereocenters. The minimum absolute atomic E-state index is 0.157. The Bertz CT molecular complexity index is 1880. The third kappa shape index (κ3) is 7.47. The fraction of sp³-hybridized carbons (Fsp3) is 0.389. The van der Waals surface area contributed by atoms with Crippen LogP contribution in [0.15, 0.2) is 60.8 Å². The smallest absolute Gasteiger partial charge is 0.248 e. The lowest BCUT2D eigenvalue weighted by atomic mass is 9.98. The highest BCUT2D eigenvalue weighted by atomic mass is 16.1. The molecule has 0 radical (unpaired) electrons. The molecule has 2 aromatic carbocycles. The van der Waals surface area contributed by atoms with Crippen LogP contribution in [0.2, 0.25) is 0 Å². The summed E-state index contributed by atoms with van der Waals surface area (Å²) in [7, 11) is 3.94. The Labute approximate surface area is 276 Å². The molecule has 3 aromatic heterocycles. The van der Waals surface area contributed by atoms with Gasteiger partial charge in [-0.15, -0.1) is 0 Å². The number of carbonyl (C=O) groups excluding carboxylic acids is 1. The number of aromatic nitrogens is 5. The van der Waals surface area contributed by atoms with Gasteiger partial charge in [-0.05, 0) is 82.0 Å². The first-order valence-corrected chi connectivity index (χ1v) is 16.5. The Morgan fingerprint density at radius 2 is 1.91 bits per heavy atom. The fourth-order valence-electron chi connectivity index (χ4n) is 6.12. The zero-order chi connectivity index (χ0) is 32.9. The van der Waals surface area contributed by atoms with E-state index in [1.54, 1.807) is 6.08 Å². The molecule has 0 atom stereocenters. The summed E-state index contributed by atoms with van der Waals surface area (Å²) in [6.07, 6.45) is 7.63. The van der Waals surface area contributed by atoms with Gasteiger partial charge in [-0.2, -0.15) is 19.6 Å². The van der Waals surface area contributed by atoms with Gasteiger partial charge in [-0.3, -0.25) is 4.79 Å². The predicted molar refractivity (Wildman–Crippen MR) is 191 cm³/mol. The van der Waals surface area contributed by atoms with Crippen LogP contribution in [-0.4, -0.2) is 75.6 Å². The standard InChI is InChI=1S/C36H46N10O/c1-23(2)28-22-40-46-34(28)43-35(38-20-25-14-16-37-17-15-25)44-36(46)39-21-29-24(3)9-6-11-27(29)31-19-26-10-7-12-30(33(26)42-31)41-32(47)13-8-18-45(4)5/h6-13,19,22-23,25,37,42H,14-18,20-21H2,1-5H3,(H,41,47)(H2,38,39,43,44)/b13-8+. The highest BCUT2D eigenvalue weighted by Crippen LogP contribution is 2.32. The van der Waals surface area contributed by atoms with E-state index in [0.717, 1.165) is 82.7 Å². The van der Waals surface area contributed by atoms with Crippen LogP contribution >= 0.6 is 0 Å². The molecule has 1 amide bonds. The molecular weight excluding hydrogens is 588 g/mol. The number of aryl methyl sites for hydroxylation is 1. The topological polar surface area (TPSA) is 127 Å². The van der Waals surface area contributed by atoms with Gasteiger partial charge in [0.1, 0.15) is 0 Å². The van der Waals surface area contributed by atoms with E-state index in [1.807, 2.05) is 47.9 Å². The molecular formula is C36H46N10O. The SMILES string of the molecule is Cc1cccc(-c2cc3cccc(NC(=O)/C=C/CN(C)C)c3[nH]2)c1CNc1nc(NCC2CCNCC2)nc2c(C(C)C)cnn12. The van der Waals surface area contributed by atoms with Gasteiger partial charge in [-0.25, -0.2) is 0 Å².